The average molecular weight is 834 g/mol. The van der Waals surface area contributed by atoms with Crippen molar-refractivity contribution in [2.45, 2.75) is 145 Å². The van der Waals surface area contributed by atoms with Crippen LogP contribution in [0.15, 0.2) is 35.4 Å². The summed E-state index contributed by atoms with van der Waals surface area (Å²) in [5.41, 5.74) is 0.676. The number of rotatable bonds is 11. The van der Waals surface area contributed by atoms with Gasteiger partial charge in [-0.15, -0.1) is 10.2 Å². The Labute approximate surface area is 356 Å². The Bertz CT molecular complexity index is 2020. The molecular formula is C48H69ClN4O6. The lowest BCUT2D eigenvalue weighted by atomic mass is 9.33. The molecule has 59 heavy (non-hydrogen) atoms. The molecule has 1 aromatic carbocycles. The molecule has 5 aliphatic carbocycles. The van der Waals surface area contributed by atoms with Gasteiger partial charge in [0.15, 0.2) is 17.4 Å². The van der Waals surface area contributed by atoms with E-state index in [1.54, 1.807) is 13.8 Å². The summed E-state index contributed by atoms with van der Waals surface area (Å²) in [6, 6.07) is 7.58. The monoisotopic (exact) mass is 832 g/mol. The Morgan fingerprint density at radius 1 is 0.949 bits per heavy atom. The fourth-order valence-corrected chi connectivity index (χ4v) is 14.1. The van der Waals surface area contributed by atoms with E-state index in [-0.39, 0.29) is 58.2 Å². The molecule has 2 N–H and O–H groups in total. The van der Waals surface area contributed by atoms with Crippen LogP contribution in [-0.2, 0) is 25.7 Å². The topological polar surface area (TPSA) is 135 Å². The number of carboxylic acid groups (broad SMARTS) is 1. The number of carbonyl (C=O) groups is 3. The van der Waals surface area contributed by atoms with Crippen LogP contribution in [0.5, 0.6) is 0 Å². The minimum atomic E-state index is -1.18. The standard InChI is InChI=1S/C48H69ClN4O6/c1-28(2)37-32(54)26-48(39(56)41-51-50-40(53(41)25-24-52(10)11)29-12-14-30(49)15-13-29)23-22-46(8)31(38(37)48)16-17-34-45(7)20-19-35(59-36(55)27-43(3,4)42(57)58)44(5,6)33(45)18-21-47(34,46)9/h12-15,28,31,33-35,39,56H,16-27H2,1-11H3,(H,57,58)/t31-,33+,34-,35+,39+,45+,46-,47-,48-/m1/s1. The zero-order valence-electron chi connectivity index (χ0n) is 37.5. The van der Waals surface area contributed by atoms with Crippen LogP contribution in [0, 0.1) is 56.2 Å². The molecule has 11 heteroatoms. The third-order valence-electron chi connectivity index (χ3n) is 17.3. The molecule has 1 aromatic heterocycles. The van der Waals surface area contributed by atoms with Crippen LogP contribution in [-0.4, -0.2) is 74.3 Å². The average Bonchev–Trinajstić information content (AvgIpc) is 3.70. The van der Waals surface area contributed by atoms with Gasteiger partial charge in [0, 0.05) is 40.9 Å². The van der Waals surface area contributed by atoms with Crippen LogP contribution in [0.25, 0.3) is 11.4 Å². The Morgan fingerprint density at radius 2 is 1.63 bits per heavy atom. The maximum atomic E-state index is 14.5. The number of hydrogen-bond acceptors (Lipinski definition) is 8. The van der Waals surface area contributed by atoms with Crippen molar-refractivity contribution in [3.63, 3.8) is 0 Å². The number of Topliss-reactive ketones (excluding diaryl/α,β-unsaturated/α-hetero) is 1. The number of hydrogen-bond donors (Lipinski definition) is 2. The molecular weight excluding hydrogens is 764 g/mol. The Kier molecular flexibility index (Phi) is 11.2. The number of fused-ring (bicyclic) bond motifs is 7. The molecule has 324 valence electrons. The van der Waals surface area contributed by atoms with Crippen LogP contribution in [0.2, 0.25) is 5.02 Å². The minimum Gasteiger partial charge on any atom is -0.481 e. The Hall–Kier alpha value is -3.08. The Balaban J connectivity index is 1.23. The van der Waals surface area contributed by atoms with Crippen LogP contribution in [0.1, 0.15) is 138 Å². The van der Waals surface area contributed by atoms with Crippen molar-refractivity contribution < 1.29 is 29.3 Å². The van der Waals surface area contributed by atoms with Crippen LogP contribution in [0.4, 0.5) is 0 Å². The molecule has 0 radical (unpaired) electrons. The molecule has 1 heterocycles. The van der Waals surface area contributed by atoms with Crippen molar-refractivity contribution in [1.82, 2.24) is 19.7 Å². The molecule has 9 atom stereocenters. The maximum Gasteiger partial charge on any atom is 0.309 e. The summed E-state index contributed by atoms with van der Waals surface area (Å²) >= 11 is 6.27. The second-order valence-corrected chi connectivity index (χ2v) is 22.2. The molecule has 0 amide bonds. The normalized spacial score (nSPS) is 34.6. The SMILES string of the molecule is CC(C)C1=C2[C@H]3CC[C@@H]4[C@@]5(C)CC[C@H](OC(=O)CC(C)(C)C(=O)O)C(C)(C)[C@@H]5CC[C@@]4(C)[C@]3(C)CC[C@@]2([C@@H](O)c2nnc(-c3ccc(Cl)cc3)n2CCN(C)C)CC1=O. The number of ketones is 1. The van der Waals surface area contributed by atoms with Crippen LogP contribution >= 0.6 is 11.6 Å². The zero-order chi connectivity index (χ0) is 43.2. The summed E-state index contributed by atoms with van der Waals surface area (Å²) in [7, 11) is 4.07. The second-order valence-electron chi connectivity index (χ2n) is 21.8. The minimum absolute atomic E-state index is 0.0163. The number of nitrogens with zero attached hydrogens (tertiary/aromatic N) is 4. The third-order valence-corrected chi connectivity index (χ3v) is 17.5. The zero-order valence-corrected chi connectivity index (χ0v) is 38.2. The molecule has 4 fully saturated rings. The molecule has 0 bridgehead atoms. The van der Waals surface area contributed by atoms with E-state index in [9.17, 15) is 24.6 Å². The van der Waals surface area contributed by atoms with Gasteiger partial charge in [0.05, 0.1) is 11.8 Å². The fraction of sp³-hybridized carbons (Fsp3) is 0.729. The molecule has 7 rings (SSSR count). The first-order valence-electron chi connectivity index (χ1n) is 22.2. The van der Waals surface area contributed by atoms with Gasteiger partial charge in [0.1, 0.15) is 12.2 Å². The van der Waals surface area contributed by atoms with Crippen molar-refractivity contribution >= 4 is 29.3 Å². The van der Waals surface area contributed by atoms with Crippen LogP contribution < -0.4 is 0 Å². The number of benzene rings is 1. The van der Waals surface area contributed by atoms with E-state index in [2.05, 4.69) is 57.9 Å². The molecule has 5 aliphatic rings. The number of likely N-dealkylation sites (N-methyl/N-ethyl adjacent to an activating group) is 1. The summed E-state index contributed by atoms with van der Waals surface area (Å²) < 4.78 is 8.26. The summed E-state index contributed by atoms with van der Waals surface area (Å²) in [5.74, 6) is 0.886. The first kappa shape index (κ1) is 44.0. The number of ether oxygens (including phenoxy) is 1. The highest BCUT2D eigenvalue weighted by Crippen LogP contribution is 2.77. The van der Waals surface area contributed by atoms with Gasteiger partial charge in [-0.25, -0.2) is 0 Å². The number of aromatic nitrogens is 3. The first-order chi connectivity index (χ1) is 27.4. The number of carbonyl (C=O) groups excluding carboxylic acids is 2. The van der Waals surface area contributed by atoms with E-state index in [0.29, 0.717) is 41.5 Å². The summed E-state index contributed by atoms with van der Waals surface area (Å²) in [6.07, 6.45) is 6.22. The highest BCUT2D eigenvalue weighted by molar-refractivity contribution is 6.30. The summed E-state index contributed by atoms with van der Waals surface area (Å²) in [5, 5.41) is 32.7. The molecule has 0 aliphatic heterocycles. The fourth-order valence-electron chi connectivity index (χ4n) is 13.9. The van der Waals surface area contributed by atoms with Gasteiger partial charge in [0.25, 0.3) is 0 Å². The molecule has 0 unspecified atom stereocenters. The van der Waals surface area contributed by atoms with E-state index < -0.39 is 28.9 Å². The summed E-state index contributed by atoms with van der Waals surface area (Å²) in [6.45, 7) is 20.8. The molecule has 2 aromatic rings. The lowest BCUT2D eigenvalue weighted by molar-refractivity contribution is -0.235. The highest BCUT2D eigenvalue weighted by atomic mass is 35.5. The predicted octanol–water partition coefficient (Wildman–Crippen LogP) is 9.59. The van der Waals surface area contributed by atoms with E-state index >= 15 is 0 Å². The van der Waals surface area contributed by atoms with Gasteiger partial charge >= 0.3 is 11.9 Å². The van der Waals surface area contributed by atoms with Crippen molar-refractivity contribution in [2.75, 3.05) is 20.6 Å². The van der Waals surface area contributed by atoms with Gasteiger partial charge in [-0.05, 0) is 155 Å². The molecule has 10 nitrogen and oxygen atoms in total. The van der Waals surface area contributed by atoms with E-state index in [1.807, 2.05) is 38.4 Å². The third kappa shape index (κ3) is 6.84. The quantitative estimate of drug-likeness (QED) is 0.212. The predicted molar refractivity (Wildman–Crippen MR) is 229 cm³/mol. The van der Waals surface area contributed by atoms with E-state index in [4.69, 9.17) is 26.5 Å². The van der Waals surface area contributed by atoms with Crippen molar-refractivity contribution in [3.8, 4) is 11.4 Å². The maximum absolute atomic E-state index is 14.5. The number of aliphatic hydroxyl groups excluding tert-OH is 1. The smallest absolute Gasteiger partial charge is 0.309 e. The number of esters is 1. The molecule has 4 saturated carbocycles. The van der Waals surface area contributed by atoms with Crippen molar-refractivity contribution in [3.05, 3.63) is 46.3 Å². The highest BCUT2D eigenvalue weighted by Gasteiger charge is 2.71. The number of carboxylic acids is 1. The lowest BCUT2D eigenvalue weighted by Gasteiger charge is -2.72. The number of halogens is 1. The lowest BCUT2D eigenvalue weighted by Crippen LogP contribution is -2.66. The number of aliphatic carboxylic acids is 1. The first-order valence-corrected chi connectivity index (χ1v) is 22.5. The number of aliphatic hydroxyl groups is 1. The van der Waals surface area contributed by atoms with Gasteiger partial charge in [0.2, 0.25) is 0 Å². The van der Waals surface area contributed by atoms with Crippen LogP contribution in [0.3, 0.4) is 0 Å². The van der Waals surface area contributed by atoms with Crippen molar-refractivity contribution in [2.24, 2.45) is 56.2 Å². The van der Waals surface area contributed by atoms with Gasteiger partial charge in [-0.3, -0.25) is 14.4 Å². The van der Waals surface area contributed by atoms with E-state index in [0.717, 1.165) is 62.6 Å². The van der Waals surface area contributed by atoms with Gasteiger partial charge < -0.3 is 24.4 Å². The van der Waals surface area contributed by atoms with Gasteiger partial charge in [-0.1, -0.05) is 60.1 Å². The number of allylic oxidation sites excluding steroid dienone is 1. The molecule has 0 spiro atoms. The van der Waals surface area contributed by atoms with E-state index in [1.165, 1.54) is 5.57 Å². The second kappa shape index (κ2) is 15.1. The summed E-state index contributed by atoms with van der Waals surface area (Å²) in [4.78, 5) is 41.6. The Morgan fingerprint density at radius 3 is 2.25 bits per heavy atom. The molecule has 0 saturated heterocycles. The largest absolute Gasteiger partial charge is 0.481 e. The van der Waals surface area contributed by atoms with Gasteiger partial charge in [-0.2, -0.15) is 0 Å². The van der Waals surface area contributed by atoms with Crippen molar-refractivity contribution in [1.29, 1.82) is 0 Å².